The Labute approximate surface area is 102 Å². The lowest BCUT2D eigenvalue weighted by Crippen LogP contribution is -2.44. The number of nitrogens with two attached hydrogens (primary N) is 1. The highest BCUT2D eigenvalue weighted by molar-refractivity contribution is 5.97. The standard InChI is InChI=1S/C12H10F2N2O2/c1-2-4-9(11(15)17)16-12(18)7-5-3-6-8(13)10(7)14/h1,3,5-6,9H,4H2,(H2,15,17)(H,16,18)/t9-/m0/s1. The Morgan fingerprint density at radius 1 is 1.44 bits per heavy atom. The molecule has 0 fully saturated rings. The zero-order valence-electron chi connectivity index (χ0n) is 9.24. The molecule has 0 heterocycles. The Kier molecular flexibility index (Phi) is 4.38. The zero-order valence-corrected chi connectivity index (χ0v) is 9.24. The lowest BCUT2D eigenvalue weighted by molar-refractivity contribution is -0.119. The molecule has 0 bridgehead atoms. The molecule has 1 aromatic carbocycles. The SMILES string of the molecule is C#CC[C@H](NC(=O)c1cccc(F)c1F)C(N)=O. The third kappa shape index (κ3) is 3.04. The van der Waals surface area contributed by atoms with Gasteiger partial charge in [-0.15, -0.1) is 12.3 Å². The van der Waals surface area contributed by atoms with Crippen molar-refractivity contribution in [3.63, 3.8) is 0 Å². The third-order valence-corrected chi connectivity index (χ3v) is 2.17. The molecule has 18 heavy (non-hydrogen) atoms. The van der Waals surface area contributed by atoms with Crippen molar-refractivity contribution in [3.05, 3.63) is 35.4 Å². The Hall–Kier alpha value is -2.42. The van der Waals surface area contributed by atoms with E-state index in [9.17, 15) is 18.4 Å². The van der Waals surface area contributed by atoms with Crippen molar-refractivity contribution < 1.29 is 18.4 Å². The molecule has 0 spiro atoms. The molecule has 3 N–H and O–H groups in total. The predicted molar refractivity (Wildman–Crippen MR) is 60.3 cm³/mol. The maximum absolute atomic E-state index is 13.3. The van der Waals surface area contributed by atoms with E-state index in [0.29, 0.717) is 0 Å². The Bertz CT molecular complexity index is 523. The predicted octanol–water partition coefficient (Wildman–Crippen LogP) is 0.572. The summed E-state index contributed by atoms with van der Waals surface area (Å²) >= 11 is 0. The molecular formula is C12H10F2N2O2. The monoisotopic (exact) mass is 252 g/mol. The Morgan fingerprint density at radius 2 is 2.11 bits per heavy atom. The number of primary amides is 1. The summed E-state index contributed by atoms with van der Waals surface area (Å²) in [6.07, 6.45) is 4.87. The number of amides is 2. The molecule has 0 radical (unpaired) electrons. The van der Waals surface area contributed by atoms with Crippen LogP contribution < -0.4 is 11.1 Å². The number of hydrogen-bond donors (Lipinski definition) is 2. The van der Waals surface area contributed by atoms with Crippen molar-refractivity contribution in [1.29, 1.82) is 0 Å². The molecule has 0 aliphatic rings. The molecule has 2 amide bonds. The highest BCUT2D eigenvalue weighted by Crippen LogP contribution is 2.11. The van der Waals surface area contributed by atoms with Gasteiger partial charge in [-0.05, 0) is 12.1 Å². The summed E-state index contributed by atoms with van der Waals surface area (Å²) in [7, 11) is 0. The van der Waals surface area contributed by atoms with Crippen molar-refractivity contribution >= 4 is 11.8 Å². The molecule has 1 aromatic rings. The molecule has 1 rings (SSSR count). The molecule has 1 atom stereocenters. The third-order valence-electron chi connectivity index (χ3n) is 2.17. The average Bonchev–Trinajstić information content (AvgIpc) is 2.31. The molecule has 0 aromatic heterocycles. The molecule has 94 valence electrons. The summed E-state index contributed by atoms with van der Waals surface area (Å²) in [5.41, 5.74) is 4.48. The van der Waals surface area contributed by atoms with E-state index in [4.69, 9.17) is 12.2 Å². The minimum absolute atomic E-state index is 0.127. The first-order valence-electron chi connectivity index (χ1n) is 4.95. The minimum Gasteiger partial charge on any atom is -0.368 e. The summed E-state index contributed by atoms with van der Waals surface area (Å²) < 4.78 is 26.2. The largest absolute Gasteiger partial charge is 0.368 e. The van der Waals surface area contributed by atoms with Crippen LogP contribution in [0.1, 0.15) is 16.8 Å². The van der Waals surface area contributed by atoms with E-state index in [1.807, 2.05) is 0 Å². The van der Waals surface area contributed by atoms with Gasteiger partial charge in [0.05, 0.1) is 5.56 Å². The van der Waals surface area contributed by atoms with E-state index in [2.05, 4.69) is 11.2 Å². The van der Waals surface area contributed by atoms with Crippen molar-refractivity contribution in [2.24, 2.45) is 5.73 Å². The molecule has 4 nitrogen and oxygen atoms in total. The van der Waals surface area contributed by atoms with E-state index in [1.165, 1.54) is 6.07 Å². The van der Waals surface area contributed by atoms with Gasteiger partial charge < -0.3 is 11.1 Å². The number of nitrogens with one attached hydrogen (secondary N) is 1. The van der Waals surface area contributed by atoms with Crippen LogP contribution in [0.15, 0.2) is 18.2 Å². The van der Waals surface area contributed by atoms with Gasteiger partial charge in [0.2, 0.25) is 5.91 Å². The van der Waals surface area contributed by atoms with E-state index < -0.39 is 35.1 Å². The summed E-state index contributed by atoms with van der Waals surface area (Å²) in [5.74, 6) is -2.10. The second-order valence-corrected chi connectivity index (χ2v) is 3.44. The fourth-order valence-corrected chi connectivity index (χ4v) is 1.26. The van der Waals surface area contributed by atoms with E-state index in [-0.39, 0.29) is 6.42 Å². The van der Waals surface area contributed by atoms with Gasteiger partial charge >= 0.3 is 0 Å². The highest BCUT2D eigenvalue weighted by atomic mass is 19.2. The molecule has 0 saturated heterocycles. The molecular weight excluding hydrogens is 242 g/mol. The number of carbonyl (C=O) groups excluding carboxylic acids is 2. The summed E-state index contributed by atoms with van der Waals surface area (Å²) in [5, 5.41) is 2.14. The number of halogens is 2. The smallest absolute Gasteiger partial charge is 0.255 e. The van der Waals surface area contributed by atoms with Crippen LogP contribution in [0, 0.1) is 24.0 Å². The van der Waals surface area contributed by atoms with Gasteiger partial charge in [-0.2, -0.15) is 0 Å². The van der Waals surface area contributed by atoms with E-state index in [0.717, 1.165) is 12.1 Å². The Balaban J connectivity index is 2.91. The van der Waals surface area contributed by atoms with Gasteiger partial charge in [0.15, 0.2) is 11.6 Å². The number of rotatable bonds is 4. The first-order chi connectivity index (χ1) is 8.47. The summed E-state index contributed by atoms with van der Waals surface area (Å²) in [6, 6.07) is 2.01. The maximum Gasteiger partial charge on any atom is 0.255 e. The van der Waals surface area contributed by atoms with Crippen LogP contribution in [0.5, 0.6) is 0 Å². The molecule has 0 aliphatic heterocycles. The summed E-state index contributed by atoms with van der Waals surface area (Å²) in [4.78, 5) is 22.6. The van der Waals surface area contributed by atoms with Gasteiger partial charge in [0.25, 0.3) is 5.91 Å². The average molecular weight is 252 g/mol. The van der Waals surface area contributed by atoms with Crippen molar-refractivity contribution in [1.82, 2.24) is 5.32 Å². The molecule has 0 saturated carbocycles. The number of carbonyl (C=O) groups is 2. The fraction of sp³-hybridized carbons (Fsp3) is 0.167. The van der Waals surface area contributed by atoms with Crippen LogP contribution in [-0.4, -0.2) is 17.9 Å². The fourth-order valence-electron chi connectivity index (χ4n) is 1.26. The van der Waals surface area contributed by atoms with Crippen LogP contribution in [0.3, 0.4) is 0 Å². The second-order valence-electron chi connectivity index (χ2n) is 3.44. The molecule has 6 heteroatoms. The Morgan fingerprint density at radius 3 is 2.67 bits per heavy atom. The van der Waals surface area contributed by atoms with E-state index in [1.54, 1.807) is 0 Å². The second kappa shape index (κ2) is 5.77. The van der Waals surface area contributed by atoms with Crippen LogP contribution in [0.2, 0.25) is 0 Å². The van der Waals surface area contributed by atoms with Crippen LogP contribution in [-0.2, 0) is 4.79 Å². The van der Waals surface area contributed by atoms with Gasteiger partial charge in [-0.3, -0.25) is 9.59 Å². The van der Waals surface area contributed by atoms with Crippen LogP contribution in [0.4, 0.5) is 8.78 Å². The first kappa shape index (κ1) is 13.6. The zero-order chi connectivity index (χ0) is 13.7. The number of benzene rings is 1. The molecule has 0 aliphatic carbocycles. The highest BCUT2D eigenvalue weighted by Gasteiger charge is 2.21. The summed E-state index contributed by atoms with van der Waals surface area (Å²) in [6.45, 7) is 0. The normalized spacial score (nSPS) is 11.4. The van der Waals surface area contributed by atoms with E-state index >= 15 is 0 Å². The quantitative estimate of drug-likeness (QED) is 0.769. The molecule has 0 unspecified atom stereocenters. The topological polar surface area (TPSA) is 72.2 Å². The van der Waals surface area contributed by atoms with Crippen molar-refractivity contribution in [2.45, 2.75) is 12.5 Å². The van der Waals surface area contributed by atoms with Gasteiger partial charge in [-0.1, -0.05) is 6.07 Å². The van der Waals surface area contributed by atoms with Crippen molar-refractivity contribution in [2.75, 3.05) is 0 Å². The minimum atomic E-state index is -1.29. The van der Waals surface area contributed by atoms with Gasteiger partial charge in [-0.25, -0.2) is 8.78 Å². The van der Waals surface area contributed by atoms with Crippen molar-refractivity contribution in [3.8, 4) is 12.3 Å². The van der Waals surface area contributed by atoms with Crippen LogP contribution >= 0.6 is 0 Å². The van der Waals surface area contributed by atoms with Gasteiger partial charge in [0, 0.05) is 6.42 Å². The lowest BCUT2D eigenvalue weighted by Gasteiger charge is -2.13. The van der Waals surface area contributed by atoms with Gasteiger partial charge in [0.1, 0.15) is 6.04 Å². The first-order valence-corrected chi connectivity index (χ1v) is 4.95. The number of hydrogen-bond acceptors (Lipinski definition) is 2. The van der Waals surface area contributed by atoms with Crippen LogP contribution in [0.25, 0.3) is 0 Å². The maximum atomic E-state index is 13.3. The lowest BCUT2D eigenvalue weighted by atomic mass is 10.1. The number of terminal acetylenes is 1.